The summed E-state index contributed by atoms with van der Waals surface area (Å²) in [7, 11) is 0. The molecule has 4 rings (SSSR count). The van der Waals surface area contributed by atoms with Gasteiger partial charge in [0.25, 0.3) is 0 Å². The van der Waals surface area contributed by atoms with Gasteiger partial charge in [-0.1, -0.05) is 30.3 Å². The summed E-state index contributed by atoms with van der Waals surface area (Å²) >= 11 is 0. The van der Waals surface area contributed by atoms with Crippen LogP contribution in [0.15, 0.2) is 48.5 Å². The molecule has 0 saturated carbocycles. The van der Waals surface area contributed by atoms with Gasteiger partial charge >= 0.3 is 0 Å². The number of fused-ring (bicyclic) bond motifs is 1. The van der Waals surface area contributed by atoms with Gasteiger partial charge in [0.2, 0.25) is 5.91 Å². The van der Waals surface area contributed by atoms with Gasteiger partial charge in [0.15, 0.2) is 0 Å². The summed E-state index contributed by atoms with van der Waals surface area (Å²) in [6.07, 6.45) is 3.78. The van der Waals surface area contributed by atoms with Crippen molar-refractivity contribution < 1.29 is 9.90 Å². The Bertz CT molecular complexity index is 767. The fourth-order valence-corrected chi connectivity index (χ4v) is 4.16. The summed E-state index contributed by atoms with van der Waals surface area (Å²) in [5.74, 6) is 0.172. The van der Waals surface area contributed by atoms with E-state index in [0.29, 0.717) is 6.42 Å². The largest absolute Gasteiger partial charge is 0.393 e. The first kappa shape index (κ1) is 17.1. The molecule has 26 heavy (non-hydrogen) atoms. The molecular formula is C22H26N2O2. The lowest BCUT2D eigenvalue weighted by atomic mass is 9.88. The number of aliphatic hydroxyl groups excluding tert-OH is 1. The van der Waals surface area contributed by atoms with Gasteiger partial charge in [0, 0.05) is 36.8 Å². The molecule has 1 atom stereocenters. The molecule has 0 spiro atoms. The van der Waals surface area contributed by atoms with Crippen LogP contribution in [0.2, 0.25) is 0 Å². The van der Waals surface area contributed by atoms with E-state index in [1.807, 2.05) is 18.2 Å². The minimum absolute atomic E-state index is 0.0549. The zero-order valence-electron chi connectivity index (χ0n) is 15.0. The Balaban J connectivity index is 1.39. The van der Waals surface area contributed by atoms with E-state index in [2.05, 4.69) is 40.5 Å². The Labute approximate surface area is 154 Å². The molecule has 1 saturated heterocycles. The van der Waals surface area contributed by atoms with Crippen LogP contribution in [-0.2, 0) is 17.6 Å². The highest BCUT2D eigenvalue weighted by molar-refractivity contribution is 5.93. The van der Waals surface area contributed by atoms with E-state index in [1.54, 1.807) is 0 Å². The van der Waals surface area contributed by atoms with Crippen LogP contribution in [-0.4, -0.2) is 30.2 Å². The van der Waals surface area contributed by atoms with E-state index in [9.17, 15) is 9.90 Å². The van der Waals surface area contributed by atoms with Crippen LogP contribution in [0.25, 0.3) is 0 Å². The number of carbonyl (C=O) groups excluding carboxylic acids is 1. The second-order valence-corrected chi connectivity index (χ2v) is 7.43. The molecule has 2 aliphatic rings. The summed E-state index contributed by atoms with van der Waals surface area (Å²) in [5, 5.41) is 13.1. The summed E-state index contributed by atoms with van der Waals surface area (Å²) < 4.78 is 0. The molecule has 0 unspecified atom stereocenters. The smallest absolute Gasteiger partial charge is 0.227 e. The summed E-state index contributed by atoms with van der Waals surface area (Å²) in [4.78, 5) is 15.1. The van der Waals surface area contributed by atoms with Crippen LogP contribution in [0.4, 0.5) is 11.4 Å². The van der Waals surface area contributed by atoms with Gasteiger partial charge in [-0.25, -0.2) is 0 Å². The molecule has 136 valence electrons. The van der Waals surface area contributed by atoms with E-state index >= 15 is 0 Å². The fraction of sp³-hybridized carbons (Fsp3) is 0.409. The van der Waals surface area contributed by atoms with Crippen molar-refractivity contribution in [3.05, 3.63) is 59.7 Å². The van der Waals surface area contributed by atoms with Gasteiger partial charge in [0.1, 0.15) is 0 Å². The summed E-state index contributed by atoms with van der Waals surface area (Å²) in [6.45, 7) is 1.82. The van der Waals surface area contributed by atoms with E-state index in [4.69, 9.17) is 0 Å². The van der Waals surface area contributed by atoms with Crippen molar-refractivity contribution in [1.29, 1.82) is 0 Å². The molecule has 1 fully saturated rings. The lowest BCUT2D eigenvalue weighted by Crippen LogP contribution is -2.38. The number of aryl methyl sites for hydroxylation is 1. The number of hydrogen-bond acceptors (Lipinski definition) is 3. The van der Waals surface area contributed by atoms with Crippen LogP contribution in [0.3, 0.4) is 0 Å². The highest BCUT2D eigenvalue weighted by Crippen LogP contribution is 2.30. The van der Waals surface area contributed by atoms with Gasteiger partial charge < -0.3 is 15.3 Å². The van der Waals surface area contributed by atoms with Crippen LogP contribution in [0.1, 0.15) is 30.4 Å². The Morgan fingerprint density at radius 1 is 1.00 bits per heavy atom. The predicted octanol–water partition coefficient (Wildman–Crippen LogP) is 3.39. The monoisotopic (exact) mass is 350 g/mol. The van der Waals surface area contributed by atoms with Gasteiger partial charge in [-0.05, 0) is 55.0 Å². The maximum Gasteiger partial charge on any atom is 0.227 e. The molecule has 0 aromatic heterocycles. The number of nitrogens with one attached hydrogen (secondary N) is 1. The molecule has 2 aromatic carbocycles. The first-order chi connectivity index (χ1) is 12.7. The zero-order valence-corrected chi connectivity index (χ0v) is 15.0. The van der Waals surface area contributed by atoms with Gasteiger partial charge in [-0.3, -0.25) is 4.79 Å². The molecule has 0 bridgehead atoms. The van der Waals surface area contributed by atoms with E-state index in [1.165, 1.54) is 11.3 Å². The second-order valence-electron chi connectivity index (χ2n) is 7.43. The predicted molar refractivity (Wildman–Crippen MR) is 104 cm³/mol. The fourth-order valence-electron chi connectivity index (χ4n) is 4.16. The van der Waals surface area contributed by atoms with Crippen molar-refractivity contribution in [2.24, 2.45) is 5.92 Å². The highest BCUT2D eigenvalue weighted by atomic mass is 16.3. The van der Waals surface area contributed by atoms with Crippen LogP contribution in [0.5, 0.6) is 0 Å². The van der Waals surface area contributed by atoms with Crippen molar-refractivity contribution in [2.45, 2.75) is 38.2 Å². The van der Waals surface area contributed by atoms with Gasteiger partial charge in [-0.2, -0.15) is 0 Å². The lowest BCUT2D eigenvalue weighted by molar-refractivity contribution is -0.120. The van der Waals surface area contributed by atoms with Crippen molar-refractivity contribution in [2.75, 3.05) is 23.3 Å². The Morgan fingerprint density at radius 3 is 2.54 bits per heavy atom. The maximum absolute atomic E-state index is 12.8. The molecular weight excluding hydrogens is 324 g/mol. The SMILES string of the molecule is O=C(Nc1cccc2c1C[C@H](O)CC2)C1CCN(c2ccccc2)CC1. The number of aliphatic hydroxyl groups is 1. The maximum atomic E-state index is 12.8. The third-order valence-corrected chi connectivity index (χ3v) is 5.70. The van der Waals surface area contributed by atoms with Crippen molar-refractivity contribution in [3.8, 4) is 0 Å². The third kappa shape index (κ3) is 3.61. The Morgan fingerprint density at radius 2 is 1.77 bits per heavy atom. The number of hydrogen-bond donors (Lipinski definition) is 2. The average molecular weight is 350 g/mol. The molecule has 1 amide bonds. The molecule has 2 aromatic rings. The van der Waals surface area contributed by atoms with Gasteiger partial charge in [-0.15, -0.1) is 0 Å². The van der Waals surface area contributed by atoms with Crippen LogP contribution in [0, 0.1) is 5.92 Å². The molecule has 1 aliphatic carbocycles. The third-order valence-electron chi connectivity index (χ3n) is 5.70. The molecule has 4 nitrogen and oxygen atoms in total. The quantitative estimate of drug-likeness (QED) is 0.892. The van der Waals surface area contributed by atoms with Crippen LogP contribution < -0.4 is 10.2 Å². The average Bonchev–Trinajstić information content (AvgIpc) is 2.69. The van der Waals surface area contributed by atoms with Crippen molar-refractivity contribution in [1.82, 2.24) is 0 Å². The molecule has 4 heteroatoms. The Hall–Kier alpha value is -2.33. The van der Waals surface area contributed by atoms with E-state index < -0.39 is 0 Å². The highest BCUT2D eigenvalue weighted by Gasteiger charge is 2.26. The first-order valence-corrected chi connectivity index (χ1v) is 9.60. The number of piperidine rings is 1. The van der Waals surface area contributed by atoms with E-state index in [-0.39, 0.29) is 17.9 Å². The topological polar surface area (TPSA) is 52.6 Å². The summed E-state index contributed by atoms with van der Waals surface area (Å²) in [5.41, 5.74) is 4.49. The standard InChI is InChI=1S/C22H26N2O2/c25-19-10-9-16-5-4-8-21(20(16)15-19)23-22(26)17-11-13-24(14-12-17)18-6-2-1-3-7-18/h1-8,17,19,25H,9-15H2,(H,23,26)/t19-/m1/s1. The number of amides is 1. The van der Waals surface area contributed by atoms with Crippen molar-refractivity contribution >= 4 is 17.3 Å². The first-order valence-electron chi connectivity index (χ1n) is 9.60. The number of para-hydroxylation sites is 1. The molecule has 1 heterocycles. The van der Waals surface area contributed by atoms with Crippen molar-refractivity contribution in [3.63, 3.8) is 0 Å². The van der Waals surface area contributed by atoms with Crippen LogP contribution >= 0.6 is 0 Å². The van der Waals surface area contributed by atoms with E-state index in [0.717, 1.165) is 50.0 Å². The number of anilines is 2. The number of carbonyl (C=O) groups is 1. The molecule has 1 aliphatic heterocycles. The molecule has 2 N–H and O–H groups in total. The second kappa shape index (κ2) is 7.50. The molecule has 0 radical (unpaired) electrons. The summed E-state index contributed by atoms with van der Waals surface area (Å²) in [6, 6.07) is 16.5. The number of rotatable bonds is 3. The zero-order chi connectivity index (χ0) is 17.9. The minimum atomic E-state index is -0.297. The number of nitrogens with zero attached hydrogens (tertiary/aromatic N) is 1. The normalized spacial score (nSPS) is 20.5. The lowest BCUT2D eigenvalue weighted by Gasteiger charge is -2.33. The number of benzene rings is 2. The Kier molecular flexibility index (Phi) is 4.93. The minimum Gasteiger partial charge on any atom is -0.393 e. The van der Waals surface area contributed by atoms with Gasteiger partial charge in [0.05, 0.1) is 6.10 Å².